The van der Waals surface area contributed by atoms with Crippen LogP contribution in [0.15, 0.2) is 0 Å². The average Bonchev–Trinajstić information content (AvgIpc) is 1.59. The summed E-state index contributed by atoms with van der Waals surface area (Å²) in [5.74, 6) is 0. The maximum absolute atomic E-state index is 10.1. The van der Waals surface area contributed by atoms with E-state index in [1.54, 1.807) is 0 Å². The zero-order chi connectivity index (χ0) is 8.58. The van der Waals surface area contributed by atoms with E-state index in [9.17, 15) is 9.13 Å². The number of hydrogen-bond donors (Lipinski definition) is 4. The van der Waals surface area contributed by atoms with Crippen LogP contribution in [0.5, 0.6) is 0 Å². The molecule has 0 atom stereocenters. The molecule has 0 amide bonds. The molecular weight excluding hydrogens is 283 g/mol. The van der Waals surface area contributed by atoms with Gasteiger partial charge >= 0.3 is 0 Å². The van der Waals surface area contributed by atoms with Gasteiger partial charge in [0, 0.05) is 32.7 Å². The Morgan fingerprint density at radius 1 is 1.00 bits per heavy atom. The molecular formula is C3H10O6P2Y-2. The summed E-state index contributed by atoms with van der Waals surface area (Å²) in [6.07, 6.45) is 0. The second kappa shape index (κ2) is 5.99. The normalized spacial score (nSPS) is 11.8. The van der Waals surface area contributed by atoms with Crippen LogP contribution in [0.3, 0.4) is 0 Å². The number of hydrogen-bond acceptors (Lipinski definition) is 2. The molecule has 0 rings (SSSR count). The molecule has 0 aliphatic carbocycles. The quantitative estimate of drug-likeness (QED) is 0.430. The topological polar surface area (TPSA) is 115 Å². The molecule has 0 aromatic carbocycles. The van der Waals surface area contributed by atoms with Crippen molar-refractivity contribution in [2.45, 2.75) is 6.92 Å². The maximum Gasteiger partial charge on any atom is 0.196 e. The Labute approximate surface area is 96.0 Å². The average molecular weight is 293 g/mol. The van der Waals surface area contributed by atoms with Gasteiger partial charge < -0.3 is 27.0 Å². The fourth-order valence-corrected chi connectivity index (χ4v) is 1.53. The van der Waals surface area contributed by atoms with E-state index in [1.807, 2.05) is 0 Å². The Bertz CT molecular complexity index is 183. The summed E-state index contributed by atoms with van der Waals surface area (Å²) in [5.41, 5.74) is 0. The van der Waals surface area contributed by atoms with E-state index in [0.717, 1.165) is 6.92 Å². The van der Waals surface area contributed by atoms with Gasteiger partial charge in [-0.1, -0.05) is 5.40 Å². The van der Waals surface area contributed by atoms with Gasteiger partial charge in [-0.2, -0.15) is 6.92 Å². The first-order valence-electron chi connectivity index (χ1n) is 2.11. The van der Waals surface area contributed by atoms with Crippen molar-refractivity contribution in [1.82, 2.24) is 0 Å². The summed E-state index contributed by atoms with van der Waals surface area (Å²) >= 11 is 0. The minimum atomic E-state index is -4.72. The Hall–Kier alpha value is 1.40. The van der Waals surface area contributed by atoms with Crippen LogP contribution in [0.1, 0.15) is 6.92 Å². The molecule has 0 heterocycles. The van der Waals surface area contributed by atoms with Gasteiger partial charge in [-0.05, 0) is 0 Å². The molecule has 0 aromatic rings. The first-order chi connectivity index (χ1) is 4.15. The van der Waals surface area contributed by atoms with Gasteiger partial charge in [0.05, 0.1) is 0 Å². The third-order valence-electron chi connectivity index (χ3n) is 0.843. The minimum Gasteiger partial charge on any atom is -0.358 e. The van der Waals surface area contributed by atoms with Crippen molar-refractivity contribution in [2.75, 3.05) is 0 Å². The summed E-state index contributed by atoms with van der Waals surface area (Å²) in [6, 6.07) is 0. The van der Waals surface area contributed by atoms with Gasteiger partial charge in [0.1, 0.15) is 0 Å². The predicted molar refractivity (Wildman–Crippen MR) is 39.4 cm³/mol. The fraction of sp³-hybridized carbons (Fsp3) is 0.333. The maximum atomic E-state index is 10.1. The van der Waals surface area contributed by atoms with Crippen LogP contribution in [-0.2, 0) is 41.8 Å². The Kier molecular flexibility index (Phi) is 9.52. The van der Waals surface area contributed by atoms with Crippen LogP contribution in [-0.4, -0.2) is 19.6 Å². The van der Waals surface area contributed by atoms with Gasteiger partial charge in [-0.15, -0.1) is 0 Å². The molecule has 6 nitrogen and oxygen atoms in total. The van der Waals surface area contributed by atoms with Crippen LogP contribution in [0, 0.1) is 12.8 Å². The summed E-state index contributed by atoms with van der Waals surface area (Å²) in [4.78, 5) is 32.8. The van der Waals surface area contributed by atoms with Crippen molar-refractivity contribution < 1.29 is 61.4 Å². The van der Waals surface area contributed by atoms with E-state index in [-0.39, 0.29) is 40.1 Å². The third-order valence-corrected chi connectivity index (χ3v) is 4.09. The molecule has 0 saturated carbocycles. The van der Waals surface area contributed by atoms with Crippen molar-refractivity contribution in [2.24, 2.45) is 0 Å². The molecule has 0 saturated heterocycles. The molecule has 12 heavy (non-hydrogen) atoms. The van der Waals surface area contributed by atoms with Crippen LogP contribution in [0.2, 0.25) is 0 Å². The second-order valence-electron chi connectivity index (χ2n) is 1.64. The van der Waals surface area contributed by atoms with E-state index in [1.165, 1.54) is 0 Å². The third kappa shape index (κ3) is 6.87. The van der Waals surface area contributed by atoms with Crippen molar-refractivity contribution in [3.05, 3.63) is 12.8 Å². The molecule has 4 N–H and O–H groups in total. The fourth-order valence-electron chi connectivity index (χ4n) is 0.170. The van der Waals surface area contributed by atoms with Crippen molar-refractivity contribution in [3.63, 3.8) is 0 Å². The summed E-state index contributed by atoms with van der Waals surface area (Å²) < 4.78 is 20.3. The molecule has 0 spiro atoms. The number of rotatable bonds is 2. The summed E-state index contributed by atoms with van der Waals surface area (Å²) in [6.45, 7) is 0.724. The monoisotopic (exact) mass is 293 g/mol. The van der Waals surface area contributed by atoms with E-state index in [4.69, 9.17) is 19.6 Å². The van der Waals surface area contributed by atoms with Crippen LogP contribution in [0.25, 0.3) is 0 Å². The standard InChI is InChI=1S/C2H7O6P2.CH3.Y/c1-2(9(3,4)5)10(6,7)8;;/h1H3,(H2,3,4,5)(H2,6,7,8);1H3;/q2*-1;. The van der Waals surface area contributed by atoms with Crippen molar-refractivity contribution in [3.8, 4) is 0 Å². The van der Waals surface area contributed by atoms with E-state index in [0.29, 0.717) is 0 Å². The Morgan fingerprint density at radius 2 is 1.17 bits per heavy atom. The smallest absolute Gasteiger partial charge is 0.196 e. The molecule has 0 unspecified atom stereocenters. The Balaban J connectivity index is -0.000000405. The van der Waals surface area contributed by atoms with Crippen LogP contribution < -0.4 is 0 Å². The summed E-state index contributed by atoms with van der Waals surface area (Å²) in [5, 5.41) is -1.10. The van der Waals surface area contributed by atoms with E-state index < -0.39 is 20.6 Å². The largest absolute Gasteiger partial charge is 0.358 e. The SMILES string of the molecule is C[C-](P(=O)(O)O)P(=O)(O)O.[CH3-].[Y]. The molecule has 0 aliphatic rings. The minimum absolute atomic E-state index is 0. The molecule has 73 valence electrons. The van der Waals surface area contributed by atoms with Gasteiger partial charge in [-0.3, -0.25) is 9.13 Å². The van der Waals surface area contributed by atoms with E-state index >= 15 is 0 Å². The molecule has 9 heteroatoms. The van der Waals surface area contributed by atoms with Crippen molar-refractivity contribution >= 4 is 15.2 Å². The summed E-state index contributed by atoms with van der Waals surface area (Å²) in [7, 11) is -9.45. The van der Waals surface area contributed by atoms with Gasteiger partial charge in [0.2, 0.25) is 0 Å². The van der Waals surface area contributed by atoms with Crippen molar-refractivity contribution in [1.29, 1.82) is 0 Å². The molecule has 0 aliphatic heterocycles. The predicted octanol–water partition coefficient (Wildman–Crippen LogP) is 0.299. The van der Waals surface area contributed by atoms with Crippen LogP contribution in [0.4, 0.5) is 0 Å². The van der Waals surface area contributed by atoms with Gasteiger partial charge in [0.25, 0.3) is 0 Å². The first kappa shape index (κ1) is 19.1. The molecule has 1 radical (unpaired) electrons. The molecule has 0 bridgehead atoms. The second-order valence-corrected chi connectivity index (χ2v) is 5.51. The Morgan fingerprint density at radius 3 is 1.17 bits per heavy atom. The zero-order valence-corrected chi connectivity index (χ0v) is 11.2. The van der Waals surface area contributed by atoms with Gasteiger partial charge in [0.15, 0.2) is 15.2 Å². The molecule has 0 fully saturated rings. The first-order valence-corrected chi connectivity index (χ1v) is 5.34. The van der Waals surface area contributed by atoms with Gasteiger partial charge in [-0.25, -0.2) is 0 Å². The molecule has 0 aromatic heterocycles. The van der Waals surface area contributed by atoms with E-state index in [2.05, 4.69) is 0 Å². The zero-order valence-electron chi connectivity index (χ0n) is 6.58. The van der Waals surface area contributed by atoms with Crippen LogP contribution >= 0.6 is 15.2 Å².